The van der Waals surface area contributed by atoms with Gasteiger partial charge in [-0.2, -0.15) is 0 Å². The molecule has 0 amide bonds. The third-order valence-electron chi connectivity index (χ3n) is 3.73. The van der Waals surface area contributed by atoms with Gasteiger partial charge in [0.15, 0.2) is 0 Å². The Labute approximate surface area is 134 Å². The van der Waals surface area contributed by atoms with Crippen LogP contribution in [0.3, 0.4) is 0 Å². The molecule has 0 saturated carbocycles. The van der Waals surface area contributed by atoms with Gasteiger partial charge in [-0.25, -0.2) is 4.98 Å². The Morgan fingerprint density at radius 1 is 1.23 bits per heavy atom. The lowest BCUT2D eigenvalue weighted by atomic mass is 9.94. The molecule has 0 unspecified atom stereocenters. The lowest BCUT2D eigenvalue weighted by Crippen LogP contribution is -2.11. The number of nitrogens with zero attached hydrogens (tertiary/aromatic N) is 1. The SMILES string of the molecule is Cc1cc(-c2ccccc2)c2c(C(C)C)c(C(=N)N)sc2n1. The van der Waals surface area contributed by atoms with Crippen LogP contribution in [0.15, 0.2) is 36.4 Å². The minimum absolute atomic E-state index is 0.128. The number of hydrogen-bond acceptors (Lipinski definition) is 3. The molecule has 0 saturated heterocycles. The average molecular weight is 309 g/mol. The standard InChI is InChI=1S/C18H19N3S/c1-10(2)14-15-13(12-7-5-4-6-8-12)9-11(3)21-18(15)22-16(14)17(19)20/h4-10H,1-3H3,(H3,19,20). The van der Waals surface area contributed by atoms with Gasteiger partial charge >= 0.3 is 0 Å². The molecule has 112 valence electrons. The highest BCUT2D eigenvalue weighted by Crippen LogP contribution is 2.40. The van der Waals surface area contributed by atoms with Crippen molar-refractivity contribution in [3.8, 4) is 11.1 Å². The van der Waals surface area contributed by atoms with Gasteiger partial charge in [0.1, 0.15) is 10.7 Å². The molecule has 0 aliphatic heterocycles. The molecule has 2 aromatic heterocycles. The molecule has 3 nitrogen and oxygen atoms in total. The van der Waals surface area contributed by atoms with Gasteiger partial charge in [0.25, 0.3) is 0 Å². The number of benzene rings is 1. The van der Waals surface area contributed by atoms with Crippen LogP contribution in [0.25, 0.3) is 21.3 Å². The second-order valence-electron chi connectivity index (χ2n) is 5.77. The minimum Gasteiger partial charge on any atom is -0.383 e. The van der Waals surface area contributed by atoms with Crippen molar-refractivity contribution in [3.63, 3.8) is 0 Å². The summed E-state index contributed by atoms with van der Waals surface area (Å²) in [7, 11) is 0. The predicted octanol–water partition coefficient (Wildman–Crippen LogP) is 4.68. The molecule has 3 N–H and O–H groups in total. The summed E-state index contributed by atoms with van der Waals surface area (Å²) in [6, 6.07) is 12.5. The third kappa shape index (κ3) is 2.40. The average Bonchev–Trinajstić information content (AvgIpc) is 2.87. The first-order valence-electron chi connectivity index (χ1n) is 7.33. The summed E-state index contributed by atoms with van der Waals surface area (Å²) >= 11 is 1.52. The molecule has 0 radical (unpaired) electrons. The fraction of sp³-hybridized carbons (Fsp3) is 0.222. The van der Waals surface area contributed by atoms with Gasteiger partial charge in [0.05, 0.1) is 4.88 Å². The summed E-state index contributed by atoms with van der Waals surface area (Å²) in [5, 5.41) is 9.03. The summed E-state index contributed by atoms with van der Waals surface area (Å²) in [5.41, 5.74) is 10.3. The summed E-state index contributed by atoms with van der Waals surface area (Å²) in [6.45, 7) is 6.29. The highest BCUT2D eigenvalue weighted by atomic mass is 32.1. The number of pyridine rings is 1. The number of rotatable bonds is 3. The molecule has 3 rings (SSSR count). The molecule has 0 aliphatic rings. The van der Waals surface area contributed by atoms with Crippen molar-refractivity contribution in [1.29, 1.82) is 5.41 Å². The first-order valence-corrected chi connectivity index (χ1v) is 8.14. The van der Waals surface area contributed by atoms with Crippen LogP contribution in [0.2, 0.25) is 0 Å². The Kier molecular flexibility index (Phi) is 3.71. The molecule has 0 bridgehead atoms. The lowest BCUT2D eigenvalue weighted by molar-refractivity contribution is 0.877. The van der Waals surface area contributed by atoms with Crippen LogP contribution >= 0.6 is 11.3 Å². The lowest BCUT2D eigenvalue weighted by Gasteiger charge is -2.11. The Bertz CT molecular complexity index is 848. The topological polar surface area (TPSA) is 62.8 Å². The van der Waals surface area contributed by atoms with E-state index in [1.807, 2.05) is 25.1 Å². The first kappa shape index (κ1) is 14.7. The van der Waals surface area contributed by atoms with E-state index >= 15 is 0 Å². The maximum absolute atomic E-state index is 7.89. The van der Waals surface area contributed by atoms with Crippen LogP contribution in [0.1, 0.15) is 35.9 Å². The van der Waals surface area contributed by atoms with Crippen LogP contribution in [-0.2, 0) is 0 Å². The van der Waals surface area contributed by atoms with Crippen LogP contribution in [0.4, 0.5) is 0 Å². The van der Waals surface area contributed by atoms with E-state index in [-0.39, 0.29) is 5.84 Å². The zero-order chi connectivity index (χ0) is 15.9. The van der Waals surface area contributed by atoms with Crippen LogP contribution in [0, 0.1) is 12.3 Å². The summed E-state index contributed by atoms with van der Waals surface area (Å²) in [4.78, 5) is 6.49. The normalized spacial score (nSPS) is 11.3. The number of nitrogen functional groups attached to an aromatic ring is 1. The highest BCUT2D eigenvalue weighted by molar-refractivity contribution is 7.20. The number of nitrogens with one attached hydrogen (secondary N) is 1. The number of fused-ring (bicyclic) bond motifs is 1. The molecule has 3 aromatic rings. The van der Waals surface area contributed by atoms with Crippen LogP contribution in [0.5, 0.6) is 0 Å². The Morgan fingerprint density at radius 3 is 2.50 bits per heavy atom. The largest absolute Gasteiger partial charge is 0.383 e. The molecular formula is C18H19N3S. The Morgan fingerprint density at radius 2 is 1.91 bits per heavy atom. The zero-order valence-corrected chi connectivity index (χ0v) is 13.8. The molecule has 0 fully saturated rings. The van der Waals surface area contributed by atoms with E-state index in [1.54, 1.807) is 0 Å². The molecule has 0 aliphatic carbocycles. The van der Waals surface area contributed by atoms with Crippen molar-refractivity contribution in [3.05, 3.63) is 52.5 Å². The summed E-state index contributed by atoms with van der Waals surface area (Å²) in [6.07, 6.45) is 0. The van der Waals surface area contributed by atoms with Gasteiger partial charge in [-0.1, -0.05) is 44.2 Å². The number of aryl methyl sites for hydroxylation is 1. The van der Waals surface area contributed by atoms with Crippen molar-refractivity contribution in [1.82, 2.24) is 4.98 Å². The van der Waals surface area contributed by atoms with Crippen molar-refractivity contribution >= 4 is 27.4 Å². The van der Waals surface area contributed by atoms with Crippen molar-refractivity contribution in [2.75, 3.05) is 0 Å². The van der Waals surface area contributed by atoms with E-state index in [2.05, 4.69) is 37.0 Å². The van der Waals surface area contributed by atoms with E-state index in [9.17, 15) is 0 Å². The molecule has 2 heterocycles. The monoisotopic (exact) mass is 309 g/mol. The van der Waals surface area contributed by atoms with Gasteiger partial charge < -0.3 is 5.73 Å². The Hall–Kier alpha value is -2.20. The second-order valence-corrected chi connectivity index (χ2v) is 6.77. The van der Waals surface area contributed by atoms with E-state index in [1.165, 1.54) is 22.5 Å². The van der Waals surface area contributed by atoms with E-state index < -0.39 is 0 Å². The molecular weight excluding hydrogens is 290 g/mol. The Balaban J connectivity index is 2.44. The van der Waals surface area contributed by atoms with E-state index in [0.29, 0.717) is 5.92 Å². The summed E-state index contributed by atoms with van der Waals surface area (Å²) < 4.78 is 0. The molecule has 4 heteroatoms. The van der Waals surface area contributed by atoms with Crippen LogP contribution in [-0.4, -0.2) is 10.8 Å². The highest BCUT2D eigenvalue weighted by Gasteiger charge is 2.21. The van der Waals surface area contributed by atoms with Gasteiger partial charge in [-0.3, -0.25) is 5.41 Å². The minimum atomic E-state index is 0.128. The summed E-state index contributed by atoms with van der Waals surface area (Å²) in [5.74, 6) is 0.419. The number of nitrogens with two attached hydrogens (primary N) is 1. The van der Waals surface area contributed by atoms with Crippen LogP contribution < -0.4 is 5.73 Å². The molecule has 1 aromatic carbocycles. The van der Waals surface area contributed by atoms with E-state index in [4.69, 9.17) is 11.1 Å². The fourth-order valence-electron chi connectivity index (χ4n) is 2.84. The van der Waals surface area contributed by atoms with Gasteiger partial charge in [-0.15, -0.1) is 11.3 Å². The van der Waals surface area contributed by atoms with Crippen molar-refractivity contribution < 1.29 is 0 Å². The fourth-order valence-corrected chi connectivity index (χ4v) is 4.10. The predicted molar refractivity (Wildman–Crippen MR) is 94.9 cm³/mol. The maximum atomic E-state index is 7.89. The molecule has 0 atom stereocenters. The quantitative estimate of drug-likeness (QED) is 0.545. The zero-order valence-electron chi connectivity index (χ0n) is 13.0. The number of thiophene rings is 1. The van der Waals surface area contributed by atoms with Crippen molar-refractivity contribution in [2.24, 2.45) is 5.73 Å². The number of hydrogen-bond donors (Lipinski definition) is 2. The van der Waals surface area contributed by atoms with Crippen molar-refractivity contribution in [2.45, 2.75) is 26.7 Å². The second kappa shape index (κ2) is 5.54. The third-order valence-corrected chi connectivity index (χ3v) is 4.87. The van der Waals surface area contributed by atoms with Gasteiger partial charge in [0, 0.05) is 11.1 Å². The van der Waals surface area contributed by atoms with Gasteiger partial charge in [0.2, 0.25) is 0 Å². The van der Waals surface area contributed by atoms with Gasteiger partial charge in [-0.05, 0) is 35.6 Å². The number of amidine groups is 1. The smallest absolute Gasteiger partial charge is 0.133 e. The maximum Gasteiger partial charge on any atom is 0.133 e. The first-order chi connectivity index (χ1) is 10.5. The molecule has 22 heavy (non-hydrogen) atoms. The van der Waals surface area contributed by atoms with E-state index in [0.717, 1.165) is 26.4 Å². The molecule has 0 spiro atoms. The number of aromatic nitrogens is 1.